The molecule has 83 heavy (non-hydrogen) atoms. The van der Waals surface area contributed by atoms with Crippen molar-refractivity contribution in [1.29, 1.82) is 0 Å². The molecule has 0 aromatic rings. The molecule has 0 aromatic heterocycles. The second-order valence-electron chi connectivity index (χ2n) is 15.3. The maximum absolute atomic E-state index is 12.0. The van der Waals surface area contributed by atoms with Crippen molar-refractivity contribution < 1.29 is 129 Å². The molecular weight excluding hydrogens is 1110 g/mol. The molecule has 4 fully saturated rings. The molecule has 0 unspecified atom stereocenters. The third-order valence-electron chi connectivity index (χ3n) is 9.54. The number of rotatable bonds is 40. The zero-order valence-corrected chi connectivity index (χ0v) is 39.8. The first kappa shape index (κ1) is 90.8. The predicted octanol–water partition coefficient (Wildman–Crippen LogP) is 2.70. The van der Waals surface area contributed by atoms with Gasteiger partial charge in [0.1, 0.15) is 38.6 Å². The van der Waals surface area contributed by atoms with E-state index < -0.39 is 110 Å². The standard InChI is InChI=1S/C42H58N4O27.10CH4/c47-31-1-2-32(48)43(31)70-39(55)25-64-13-9-60-21-29(22-61-10-14-65-26-40(56)71-44-33(49)3-4-34(44)50)68-19-17-59-18-20-69-30(23-62-11-15-66-27-41(57)72-45-35(51)5-6-36(45)52)24-63-12-16-67-28-42(58)73-46-37(53)7-8-38(46)54;;;;;;;;;;/h29-30H,1-28H2;10*1H4. The molecule has 488 valence electrons. The quantitative estimate of drug-likeness (QED) is 0.0628. The first-order valence-corrected chi connectivity index (χ1v) is 22.9. The molecular formula is C52H98N4O27. The fourth-order valence-corrected chi connectivity index (χ4v) is 6.03. The minimum absolute atomic E-state index is 0. The Morgan fingerprint density at radius 1 is 0.265 bits per heavy atom. The Morgan fingerprint density at radius 3 is 0.627 bits per heavy atom. The summed E-state index contributed by atoms with van der Waals surface area (Å²) in [6.45, 7) is -2.38. The SMILES string of the molecule is C.C.C.C.C.C.C.C.C.C.O=C(COCCOCC(COCCOCC(=O)ON1C(=O)CCC1=O)OCCOCCOC(COCCOCC(=O)ON1C(=O)CCC1=O)COCCOCC(=O)ON1C(=O)CCC1=O)ON1C(=O)CCC1=O. The summed E-state index contributed by atoms with van der Waals surface area (Å²) < 4.78 is 60.6. The molecule has 0 radical (unpaired) electrons. The van der Waals surface area contributed by atoms with Crippen molar-refractivity contribution in [2.45, 2.75) is 138 Å². The van der Waals surface area contributed by atoms with E-state index in [4.69, 9.17) is 71.5 Å². The summed E-state index contributed by atoms with van der Waals surface area (Å²) >= 11 is 0. The van der Waals surface area contributed by atoms with Crippen LogP contribution >= 0.6 is 0 Å². The van der Waals surface area contributed by atoms with Crippen LogP contribution < -0.4 is 0 Å². The fourth-order valence-electron chi connectivity index (χ4n) is 6.03. The lowest BCUT2D eigenvalue weighted by Crippen LogP contribution is -2.34. The molecule has 0 N–H and O–H groups in total. The summed E-state index contributed by atoms with van der Waals surface area (Å²) in [6.07, 6.45) is -1.80. The molecule has 4 rings (SSSR count). The molecule has 0 atom stereocenters. The lowest BCUT2D eigenvalue weighted by Gasteiger charge is -2.20. The normalized spacial score (nSPS) is 14.2. The van der Waals surface area contributed by atoms with Gasteiger partial charge in [0.2, 0.25) is 0 Å². The molecule has 0 spiro atoms. The van der Waals surface area contributed by atoms with Gasteiger partial charge in [0, 0.05) is 51.4 Å². The van der Waals surface area contributed by atoms with Crippen molar-refractivity contribution in [3.8, 4) is 0 Å². The van der Waals surface area contributed by atoms with Gasteiger partial charge in [0.05, 0.1) is 106 Å². The zero-order valence-electron chi connectivity index (χ0n) is 39.8. The molecule has 4 aliphatic heterocycles. The molecule has 4 aliphatic rings. The van der Waals surface area contributed by atoms with Crippen LogP contribution in [0, 0.1) is 0 Å². The summed E-state index contributed by atoms with van der Waals surface area (Å²) in [5.74, 6) is -8.86. The Hall–Kier alpha value is -6.00. The Morgan fingerprint density at radius 2 is 0.434 bits per heavy atom. The molecule has 0 bridgehead atoms. The number of hydroxylamine groups is 8. The van der Waals surface area contributed by atoms with Gasteiger partial charge in [0.15, 0.2) is 0 Å². The highest BCUT2D eigenvalue weighted by molar-refractivity contribution is 6.03. The highest BCUT2D eigenvalue weighted by Crippen LogP contribution is 2.15. The molecule has 0 saturated carbocycles. The average Bonchev–Trinajstić information content (AvgIpc) is 4.07. The van der Waals surface area contributed by atoms with Crippen LogP contribution in [0.3, 0.4) is 0 Å². The van der Waals surface area contributed by atoms with Crippen molar-refractivity contribution >= 4 is 71.1 Å². The fraction of sp³-hybridized carbons (Fsp3) is 0.769. The van der Waals surface area contributed by atoms with Crippen LogP contribution in [0.1, 0.15) is 126 Å². The summed E-state index contributed by atoms with van der Waals surface area (Å²) in [7, 11) is 0. The monoisotopic (exact) mass is 1210 g/mol. The number of hydrogen-bond donors (Lipinski definition) is 0. The van der Waals surface area contributed by atoms with E-state index >= 15 is 0 Å². The van der Waals surface area contributed by atoms with Crippen molar-refractivity contribution in [3.63, 3.8) is 0 Å². The van der Waals surface area contributed by atoms with E-state index in [0.29, 0.717) is 20.3 Å². The number of carbonyl (C=O) groups is 12. The number of ether oxygens (including phenoxy) is 11. The summed E-state index contributed by atoms with van der Waals surface area (Å²) in [5, 5.41) is 1.61. The van der Waals surface area contributed by atoms with Gasteiger partial charge in [-0.2, -0.15) is 0 Å². The van der Waals surface area contributed by atoms with Gasteiger partial charge in [-0.25, -0.2) is 19.2 Å². The minimum atomic E-state index is -0.952. The Labute approximate surface area is 489 Å². The van der Waals surface area contributed by atoms with Crippen LogP contribution in [0.2, 0.25) is 0 Å². The number of carbonyl (C=O) groups excluding carboxylic acids is 12. The molecule has 4 saturated heterocycles. The van der Waals surface area contributed by atoms with Crippen LogP contribution in [0.25, 0.3) is 0 Å². The van der Waals surface area contributed by atoms with Gasteiger partial charge >= 0.3 is 23.9 Å². The molecule has 4 heterocycles. The number of nitrogens with zero attached hydrogens (tertiary/aromatic N) is 4. The van der Waals surface area contributed by atoms with Crippen LogP contribution in [0.4, 0.5) is 0 Å². The topological polar surface area (TPSA) is 356 Å². The highest BCUT2D eigenvalue weighted by atomic mass is 16.8. The zero-order chi connectivity index (χ0) is 52.8. The van der Waals surface area contributed by atoms with Crippen molar-refractivity contribution in [1.82, 2.24) is 20.3 Å². The maximum atomic E-state index is 12.0. The van der Waals surface area contributed by atoms with Gasteiger partial charge in [-0.05, 0) is 0 Å². The van der Waals surface area contributed by atoms with E-state index in [1.165, 1.54) is 0 Å². The second-order valence-corrected chi connectivity index (χ2v) is 15.3. The highest BCUT2D eigenvalue weighted by Gasteiger charge is 2.36. The van der Waals surface area contributed by atoms with Gasteiger partial charge in [0.25, 0.3) is 47.3 Å². The molecule has 31 heteroatoms. The van der Waals surface area contributed by atoms with Crippen LogP contribution in [0.15, 0.2) is 0 Å². The Kier molecular flexibility index (Phi) is 56.5. The number of imide groups is 4. The molecule has 31 nitrogen and oxygen atoms in total. The van der Waals surface area contributed by atoms with Crippen molar-refractivity contribution in [3.05, 3.63) is 0 Å². The molecule has 0 aliphatic carbocycles. The third kappa shape index (κ3) is 35.7. The van der Waals surface area contributed by atoms with Gasteiger partial charge in [-0.15, -0.1) is 20.3 Å². The third-order valence-corrected chi connectivity index (χ3v) is 9.54. The van der Waals surface area contributed by atoms with Gasteiger partial charge < -0.3 is 71.5 Å². The molecule has 0 aromatic carbocycles. The Balaban J connectivity index is -0.00000116. The maximum Gasteiger partial charge on any atom is 0.358 e. The molecule has 8 amide bonds. The van der Waals surface area contributed by atoms with Gasteiger partial charge in [-0.3, -0.25) is 38.4 Å². The second kappa shape index (κ2) is 51.6. The Bertz CT molecular complexity index is 1610. The van der Waals surface area contributed by atoms with Crippen LogP contribution in [-0.2, 0) is 129 Å². The van der Waals surface area contributed by atoms with E-state index in [0.717, 1.165) is 0 Å². The number of hydrogen-bond acceptors (Lipinski definition) is 27. The largest absolute Gasteiger partial charge is 0.377 e. The lowest BCUT2D eigenvalue weighted by atomic mass is 10.4. The van der Waals surface area contributed by atoms with E-state index in [1.54, 1.807) is 0 Å². The van der Waals surface area contributed by atoms with E-state index in [1.807, 2.05) is 0 Å². The lowest BCUT2D eigenvalue weighted by molar-refractivity contribution is -0.200. The predicted molar refractivity (Wildman–Crippen MR) is 293 cm³/mol. The average molecular weight is 1210 g/mol. The first-order valence-electron chi connectivity index (χ1n) is 22.9. The van der Waals surface area contributed by atoms with Gasteiger partial charge in [-0.1, -0.05) is 74.3 Å². The smallest absolute Gasteiger partial charge is 0.358 e. The van der Waals surface area contributed by atoms with E-state index in [-0.39, 0.29) is 231 Å². The summed E-state index contributed by atoms with van der Waals surface area (Å²) in [5.41, 5.74) is 0. The first-order chi connectivity index (χ1) is 35.2. The summed E-state index contributed by atoms with van der Waals surface area (Å²) in [4.78, 5) is 160. The van der Waals surface area contributed by atoms with Crippen LogP contribution in [-0.4, -0.2) is 236 Å². The van der Waals surface area contributed by atoms with Crippen LogP contribution in [0.5, 0.6) is 0 Å². The van der Waals surface area contributed by atoms with Crippen molar-refractivity contribution in [2.75, 3.05) is 132 Å². The van der Waals surface area contributed by atoms with Crippen molar-refractivity contribution in [2.24, 2.45) is 0 Å². The van der Waals surface area contributed by atoms with E-state index in [9.17, 15) is 57.5 Å². The minimum Gasteiger partial charge on any atom is -0.377 e. The summed E-state index contributed by atoms with van der Waals surface area (Å²) in [6, 6.07) is 0. The number of amides is 8. The van der Waals surface area contributed by atoms with E-state index in [2.05, 4.69) is 0 Å².